The Labute approximate surface area is 171 Å². The Morgan fingerprint density at radius 3 is 2.21 bits per heavy atom. The SMILES string of the molecule is Cc1cnc2c(ccn2[Si](C(C)C)(C(C)C)C(C)C)c1C(=O)C1CCNCC1. The molecule has 1 saturated heterocycles. The lowest BCUT2D eigenvalue weighted by molar-refractivity contribution is 0.0896. The van der Waals surface area contributed by atoms with Crippen LogP contribution in [0.2, 0.25) is 16.6 Å². The van der Waals surface area contributed by atoms with Crippen molar-refractivity contribution in [2.45, 2.75) is 77.9 Å². The van der Waals surface area contributed by atoms with Gasteiger partial charge in [0, 0.05) is 23.1 Å². The molecule has 0 aromatic carbocycles. The quantitative estimate of drug-likeness (QED) is 0.511. The van der Waals surface area contributed by atoms with E-state index in [9.17, 15) is 4.79 Å². The van der Waals surface area contributed by atoms with Crippen LogP contribution in [-0.4, -0.2) is 36.3 Å². The van der Waals surface area contributed by atoms with Gasteiger partial charge < -0.3 is 9.55 Å². The first kappa shape index (κ1) is 21.3. The minimum Gasteiger partial charge on any atom is -0.359 e. The van der Waals surface area contributed by atoms with E-state index >= 15 is 0 Å². The zero-order valence-electron chi connectivity index (χ0n) is 18.7. The minimum atomic E-state index is -1.90. The van der Waals surface area contributed by atoms with Crippen molar-refractivity contribution in [1.82, 2.24) is 14.5 Å². The first-order valence-corrected chi connectivity index (χ1v) is 13.1. The first-order valence-electron chi connectivity index (χ1n) is 10.9. The molecule has 28 heavy (non-hydrogen) atoms. The Morgan fingerprint density at radius 1 is 1.11 bits per heavy atom. The molecular weight excluding hydrogens is 362 g/mol. The van der Waals surface area contributed by atoms with E-state index in [0.717, 1.165) is 48.1 Å². The number of Topliss-reactive ketones (excluding diaryl/α,β-unsaturated/α-hetero) is 1. The largest absolute Gasteiger partial charge is 0.359 e. The van der Waals surface area contributed by atoms with Crippen molar-refractivity contribution in [2.75, 3.05) is 13.1 Å². The van der Waals surface area contributed by atoms with Gasteiger partial charge in [-0.3, -0.25) is 4.79 Å². The molecule has 0 bridgehead atoms. The van der Waals surface area contributed by atoms with Crippen molar-refractivity contribution in [2.24, 2.45) is 5.92 Å². The summed E-state index contributed by atoms with van der Waals surface area (Å²) in [5.41, 5.74) is 4.72. The molecule has 3 heterocycles. The lowest BCUT2D eigenvalue weighted by Gasteiger charge is -2.44. The van der Waals surface area contributed by atoms with Gasteiger partial charge in [0.05, 0.1) is 0 Å². The van der Waals surface area contributed by atoms with Crippen LogP contribution in [0.1, 0.15) is 70.3 Å². The van der Waals surface area contributed by atoms with Crippen LogP contribution in [0.4, 0.5) is 0 Å². The molecule has 4 nitrogen and oxygen atoms in total. The summed E-state index contributed by atoms with van der Waals surface area (Å²) in [6.45, 7) is 18.1. The minimum absolute atomic E-state index is 0.135. The zero-order valence-corrected chi connectivity index (χ0v) is 19.7. The van der Waals surface area contributed by atoms with Gasteiger partial charge in [-0.05, 0) is 67.3 Å². The summed E-state index contributed by atoms with van der Waals surface area (Å²) in [5, 5.41) is 4.43. The third-order valence-corrected chi connectivity index (χ3v) is 13.8. The maximum absolute atomic E-state index is 13.4. The number of ketones is 1. The Morgan fingerprint density at radius 2 is 1.68 bits per heavy atom. The molecule has 1 aliphatic heterocycles. The van der Waals surface area contributed by atoms with Crippen molar-refractivity contribution < 1.29 is 4.79 Å². The average Bonchev–Trinajstić information content (AvgIpc) is 3.05. The summed E-state index contributed by atoms with van der Waals surface area (Å²) in [7, 11) is -1.90. The van der Waals surface area contributed by atoms with E-state index in [1.165, 1.54) is 0 Å². The normalized spacial score (nSPS) is 16.6. The number of piperidine rings is 1. The van der Waals surface area contributed by atoms with Crippen LogP contribution in [0.15, 0.2) is 18.5 Å². The highest BCUT2D eigenvalue weighted by Crippen LogP contribution is 2.44. The summed E-state index contributed by atoms with van der Waals surface area (Å²) in [6.07, 6.45) is 6.03. The fourth-order valence-electron chi connectivity index (χ4n) is 5.95. The fourth-order valence-corrected chi connectivity index (χ4v) is 12.5. The third-order valence-electron chi connectivity index (χ3n) is 7.05. The number of aromatic nitrogens is 2. The highest BCUT2D eigenvalue weighted by Gasteiger charge is 2.46. The fraction of sp³-hybridized carbons (Fsp3) is 0.652. The zero-order chi connectivity index (χ0) is 20.6. The maximum Gasteiger partial charge on any atom is 0.171 e. The molecule has 2 aromatic heterocycles. The standard InChI is InChI=1S/C23H37N3OSi/c1-15(2)28(16(3)4,17(5)6)26-13-10-20-21(18(7)14-25-23(20)26)22(27)19-8-11-24-12-9-19/h10,13-17,19,24H,8-9,11-12H2,1-7H3. The highest BCUT2D eigenvalue weighted by molar-refractivity contribution is 6.82. The van der Waals surface area contributed by atoms with E-state index in [1.54, 1.807) is 0 Å². The number of hydrogen-bond donors (Lipinski definition) is 1. The Kier molecular flexibility index (Phi) is 6.16. The topological polar surface area (TPSA) is 46.9 Å². The van der Waals surface area contributed by atoms with Crippen molar-refractivity contribution in [3.63, 3.8) is 0 Å². The van der Waals surface area contributed by atoms with Crippen LogP contribution in [0.25, 0.3) is 11.0 Å². The number of nitrogens with zero attached hydrogens (tertiary/aromatic N) is 2. The number of hydrogen-bond acceptors (Lipinski definition) is 3. The molecule has 1 aliphatic rings. The number of pyridine rings is 1. The molecule has 0 radical (unpaired) electrons. The van der Waals surface area contributed by atoms with Gasteiger partial charge in [0.2, 0.25) is 0 Å². The molecule has 2 aromatic rings. The van der Waals surface area contributed by atoms with E-state index in [1.807, 2.05) is 13.1 Å². The number of fused-ring (bicyclic) bond motifs is 1. The summed E-state index contributed by atoms with van der Waals surface area (Å²) < 4.78 is 2.51. The number of aryl methyl sites for hydroxylation is 1. The van der Waals surface area contributed by atoms with E-state index in [-0.39, 0.29) is 5.92 Å². The van der Waals surface area contributed by atoms with Gasteiger partial charge in [-0.25, -0.2) is 4.98 Å². The Balaban J connectivity index is 2.20. The number of carbonyl (C=O) groups excluding carboxylic acids is 1. The Bertz CT molecular complexity index is 825. The predicted molar refractivity (Wildman–Crippen MR) is 121 cm³/mol. The van der Waals surface area contributed by atoms with Gasteiger partial charge >= 0.3 is 0 Å². The van der Waals surface area contributed by atoms with Gasteiger partial charge in [-0.15, -0.1) is 0 Å². The molecule has 0 saturated carbocycles. The first-order chi connectivity index (χ1) is 13.2. The van der Waals surface area contributed by atoms with Crippen LogP contribution in [0.5, 0.6) is 0 Å². The average molecular weight is 400 g/mol. The van der Waals surface area contributed by atoms with Crippen LogP contribution in [0.3, 0.4) is 0 Å². The molecule has 1 N–H and O–H groups in total. The monoisotopic (exact) mass is 399 g/mol. The lowest BCUT2D eigenvalue weighted by Crippen LogP contribution is -2.51. The molecule has 1 fully saturated rings. The lowest BCUT2D eigenvalue weighted by atomic mass is 9.87. The summed E-state index contributed by atoms with van der Waals surface area (Å²) >= 11 is 0. The maximum atomic E-state index is 13.4. The second-order valence-electron chi connectivity index (χ2n) is 9.48. The highest BCUT2D eigenvalue weighted by atomic mass is 28.3. The van der Waals surface area contributed by atoms with Crippen LogP contribution in [-0.2, 0) is 0 Å². The molecule has 3 rings (SSSR count). The number of nitrogens with one attached hydrogen (secondary N) is 1. The van der Waals surface area contributed by atoms with Crippen molar-refractivity contribution in [3.8, 4) is 0 Å². The third kappa shape index (κ3) is 3.26. The molecule has 0 amide bonds. The van der Waals surface area contributed by atoms with Gasteiger partial charge in [-0.2, -0.15) is 0 Å². The van der Waals surface area contributed by atoms with Gasteiger partial charge in [-0.1, -0.05) is 41.5 Å². The van der Waals surface area contributed by atoms with Gasteiger partial charge in [0.25, 0.3) is 0 Å². The predicted octanol–water partition coefficient (Wildman–Crippen LogP) is 5.55. The summed E-state index contributed by atoms with van der Waals surface area (Å²) in [6, 6.07) is 2.17. The van der Waals surface area contributed by atoms with Crippen LogP contribution < -0.4 is 5.32 Å². The Hall–Kier alpha value is -1.46. The molecule has 0 spiro atoms. The molecule has 0 aliphatic carbocycles. The summed E-state index contributed by atoms with van der Waals surface area (Å²) in [4.78, 5) is 18.3. The molecule has 5 heteroatoms. The number of rotatable bonds is 6. The van der Waals surface area contributed by atoms with E-state index in [0.29, 0.717) is 22.4 Å². The van der Waals surface area contributed by atoms with Crippen LogP contribution >= 0.6 is 0 Å². The van der Waals surface area contributed by atoms with E-state index < -0.39 is 8.24 Å². The number of carbonyl (C=O) groups is 1. The van der Waals surface area contributed by atoms with Crippen molar-refractivity contribution in [1.29, 1.82) is 0 Å². The molecular formula is C23H37N3OSi. The van der Waals surface area contributed by atoms with Crippen molar-refractivity contribution >= 4 is 25.1 Å². The van der Waals surface area contributed by atoms with Crippen molar-refractivity contribution in [3.05, 3.63) is 29.6 Å². The second kappa shape index (κ2) is 8.11. The molecule has 154 valence electrons. The molecule has 0 unspecified atom stereocenters. The second-order valence-corrected chi connectivity index (χ2v) is 15.2. The van der Waals surface area contributed by atoms with Gasteiger partial charge in [0.1, 0.15) is 5.65 Å². The smallest absolute Gasteiger partial charge is 0.171 e. The van der Waals surface area contributed by atoms with E-state index in [4.69, 9.17) is 4.98 Å². The van der Waals surface area contributed by atoms with Crippen LogP contribution in [0, 0.1) is 12.8 Å². The summed E-state index contributed by atoms with van der Waals surface area (Å²) in [5.74, 6) is 0.450. The van der Waals surface area contributed by atoms with E-state index in [2.05, 4.69) is 63.4 Å². The molecule has 0 atom stereocenters. The van der Waals surface area contributed by atoms with Gasteiger partial charge in [0.15, 0.2) is 14.0 Å².